The second-order valence-electron chi connectivity index (χ2n) is 6.85. The molecule has 0 unspecified atom stereocenters. The number of anilines is 1. The molecule has 29 heavy (non-hydrogen) atoms. The van der Waals surface area contributed by atoms with Gasteiger partial charge in [0.05, 0.1) is 18.8 Å². The zero-order valence-electron chi connectivity index (χ0n) is 16.9. The molecule has 0 aromatic heterocycles. The van der Waals surface area contributed by atoms with Crippen molar-refractivity contribution in [1.29, 1.82) is 0 Å². The summed E-state index contributed by atoms with van der Waals surface area (Å²) in [6, 6.07) is 13.6. The van der Waals surface area contributed by atoms with Crippen molar-refractivity contribution in [1.82, 2.24) is 5.32 Å². The molecule has 0 saturated carbocycles. The predicted molar refractivity (Wildman–Crippen MR) is 117 cm³/mol. The third-order valence-electron chi connectivity index (χ3n) is 3.72. The summed E-state index contributed by atoms with van der Waals surface area (Å²) >= 11 is 5.21. The molecule has 7 heteroatoms. The van der Waals surface area contributed by atoms with Gasteiger partial charge < -0.3 is 14.8 Å². The highest BCUT2D eigenvalue weighted by Crippen LogP contribution is 2.15. The Bertz CT molecular complexity index is 850. The lowest BCUT2D eigenvalue weighted by molar-refractivity contribution is 0.0505. The Morgan fingerprint density at radius 2 is 1.79 bits per heavy atom. The van der Waals surface area contributed by atoms with E-state index in [-0.39, 0.29) is 17.0 Å². The van der Waals surface area contributed by atoms with Crippen molar-refractivity contribution in [2.75, 3.05) is 18.5 Å². The molecule has 0 bridgehead atoms. The van der Waals surface area contributed by atoms with Gasteiger partial charge in [-0.05, 0) is 67.0 Å². The van der Waals surface area contributed by atoms with E-state index in [1.165, 1.54) is 0 Å². The topological polar surface area (TPSA) is 76.7 Å². The summed E-state index contributed by atoms with van der Waals surface area (Å²) in [6.07, 6.45) is 0.770. The van der Waals surface area contributed by atoms with Crippen LogP contribution in [-0.4, -0.2) is 30.2 Å². The molecule has 0 aliphatic heterocycles. The molecule has 6 nitrogen and oxygen atoms in total. The van der Waals surface area contributed by atoms with E-state index in [1.807, 2.05) is 13.0 Å². The second-order valence-corrected chi connectivity index (χ2v) is 7.26. The highest BCUT2D eigenvalue weighted by Gasteiger charge is 2.10. The fourth-order valence-corrected chi connectivity index (χ4v) is 2.51. The number of rotatable bonds is 8. The van der Waals surface area contributed by atoms with E-state index in [1.54, 1.807) is 42.5 Å². The fraction of sp³-hybridized carbons (Fsp3) is 0.318. The van der Waals surface area contributed by atoms with Gasteiger partial charge in [-0.3, -0.25) is 10.1 Å². The molecule has 0 atom stereocenters. The van der Waals surface area contributed by atoms with Gasteiger partial charge in [-0.1, -0.05) is 26.8 Å². The summed E-state index contributed by atoms with van der Waals surface area (Å²) < 4.78 is 10.7. The number of ether oxygens (including phenoxy) is 2. The zero-order valence-corrected chi connectivity index (χ0v) is 17.7. The Hall–Kier alpha value is -2.93. The van der Waals surface area contributed by atoms with Crippen LogP contribution >= 0.6 is 12.2 Å². The van der Waals surface area contributed by atoms with Crippen molar-refractivity contribution < 1.29 is 19.1 Å². The number of thiocarbonyl (C=S) groups is 1. The number of hydrogen-bond donors (Lipinski definition) is 2. The van der Waals surface area contributed by atoms with Gasteiger partial charge in [-0.25, -0.2) is 4.79 Å². The molecule has 0 radical (unpaired) electrons. The van der Waals surface area contributed by atoms with E-state index in [9.17, 15) is 9.59 Å². The van der Waals surface area contributed by atoms with Gasteiger partial charge in [0.15, 0.2) is 5.11 Å². The molecular formula is C22H26N2O4S. The summed E-state index contributed by atoms with van der Waals surface area (Å²) in [4.78, 5) is 24.2. The first-order valence-electron chi connectivity index (χ1n) is 9.51. The maximum atomic E-state index is 12.4. The van der Waals surface area contributed by atoms with Gasteiger partial charge in [-0.15, -0.1) is 0 Å². The lowest BCUT2D eigenvalue weighted by Crippen LogP contribution is -2.34. The van der Waals surface area contributed by atoms with Crippen LogP contribution in [0.5, 0.6) is 5.75 Å². The van der Waals surface area contributed by atoms with Crippen molar-refractivity contribution in [3.8, 4) is 5.75 Å². The first-order valence-corrected chi connectivity index (χ1v) is 9.92. The molecule has 0 aliphatic carbocycles. The summed E-state index contributed by atoms with van der Waals surface area (Å²) in [5.74, 6) is 0.325. The van der Waals surface area contributed by atoms with Crippen LogP contribution in [0.25, 0.3) is 0 Å². The normalized spacial score (nSPS) is 10.3. The van der Waals surface area contributed by atoms with Gasteiger partial charge in [0.2, 0.25) is 0 Å². The molecule has 154 valence electrons. The third kappa shape index (κ3) is 7.54. The van der Waals surface area contributed by atoms with Crippen LogP contribution in [0.3, 0.4) is 0 Å². The van der Waals surface area contributed by atoms with Gasteiger partial charge in [-0.2, -0.15) is 0 Å². The van der Waals surface area contributed by atoms with Crippen molar-refractivity contribution in [2.24, 2.45) is 5.92 Å². The third-order valence-corrected chi connectivity index (χ3v) is 3.93. The van der Waals surface area contributed by atoms with Crippen LogP contribution in [0.1, 0.15) is 47.9 Å². The summed E-state index contributed by atoms with van der Waals surface area (Å²) in [5.41, 5.74) is 1.55. The van der Waals surface area contributed by atoms with Gasteiger partial charge >= 0.3 is 5.97 Å². The first kappa shape index (κ1) is 22.4. The molecule has 1 amide bonds. The van der Waals surface area contributed by atoms with Crippen molar-refractivity contribution in [3.05, 3.63) is 59.7 Å². The second kappa shape index (κ2) is 11.2. The number of benzene rings is 2. The standard InChI is InChI=1S/C22H26N2O4S/c1-4-12-27-21(26)16-8-10-18(11-9-16)23-22(29)24-20(25)17-6-5-7-19(13-17)28-14-15(2)3/h5-11,13,15H,4,12,14H2,1-3H3,(H2,23,24,25,29). The summed E-state index contributed by atoms with van der Waals surface area (Å²) in [7, 11) is 0. The van der Waals surface area contributed by atoms with Crippen LogP contribution in [-0.2, 0) is 4.74 Å². The number of carbonyl (C=O) groups excluding carboxylic acids is 2. The Labute approximate surface area is 176 Å². The van der Waals surface area contributed by atoms with Crippen LogP contribution in [0.2, 0.25) is 0 Å². The van der Waals surface area contributed by atoms with E-state index in [0.717, 1.165) is 6.42 Å². The molecule has 2 rings (SSSR count). The molecule has 2 N–H and O–H groups in total. The lowest BCUT2D eigenvalue weighted by atomic mass is 10.2. The number of esters is 1. The summed E-state index contributed by atoms with van der Waals surface area (Å²) in [5, 5.41) is 5.72. The molecule has 0 saturated heterocycles. The van der Waals surface area contributed by atoms with E-state index in [4.69, 9.17) is 21.7 Å². The highest BCUT2D eigenvalue weighted by molar-refractivity contribution is 7.80. The molecule has 0 spiro atoms. The maximum absolute atomic E-state index is 12.4. The number of hydrogen-bond acceptors (Lipinski definition) is 5. The lowest BCUT2D eigenvalue weighted by Gasteiger charge is -2.12. The van der Waals surface area contributed by atoms with Crippen LogP contribution in [0.4, 0.5) is 5.69 Å². The van der Waals surface area contributed by atoms with E-state index in [2.05, 4.69) is 24.5 Å². The van der Waals surface area contributed by atoms with Crippen LogP contribution in [0.15, 0.2) is 48.5 Å². The maximum Gasteiger partial charge on any atom is 0.338 e. The van der Waals surface area contributed by atoms with Gasteiger partial charge in [0.25, 0.3) is 5.91 Å². The fourth-order valence-electron chi connectivity index (χ4n) is 2.30. The Morgan fingerprint density at radius 3 is 2.45 bits per heavy atom. The quantitative estimate of drug-likeness (QED) is 0.492. The highest BCUT2D eigenvalue weighted by atomic mass is 32.1. The molecule has 2 aromatic rings. The predicted octanol–water partition coefficient (Wildman–Crippen LogP) is 4.42. The Morgan fingerprint density at radius 1 is 1.07 bits per heavy atom. The molecule has 0 heterocycles. The average molecular weight is 415 g/mol. The SMILES string of the molecule is CCCOC(=O)c1ccc(NC(=S)NC(=O)c2cccc(OCC(C)C)c2)cc1. The molecular weight excluding hydrogens is 388 g/mol. The van der Waals surface area contributed by atoms with Crippen molar-refractivity contribution in [2.45, 2.75) is 27.2 Å². The minimum absolute atomic E-state index is 0.157. The molecule has 2 aromatic carbocycles. The number of amides is 1. The first-order chi connectivity index (χ1) is 13.9. The Kier molecular flexibility index (Phi) is 8.61. The van der Waals surface area contributed by atoms with Gasteiger partial charge in [0.1, 0.15) is 5.75 Å². The average Bonchev–Trinajstić information content (AvgIpc) is 2.71. The molecule has 0 aliphatic rings. The van der Waals surface area contributed by atoms with Crippen molar-refractivity contribution in [3.63, 3.8) is 0 Å². The van der Waals surface area contributed by atoms with E-state index in [0.29, 0.717) is 41.7 Å². The zero-order chi connectivity index (χ0) is 21.2. The minimum Gasteiger partial charge on any atom is -0.493 e. The smallest absolute Gasteiger partial charge is 0.338 e. The number of nitrogens with one attached hydrogen (secondary N) is 2. The summed E-state index contributed by atoms with van der Waals surface area (Å²) in [6.45, 7) is 7.01. The van der Waals surface area contributed by atoms with Crippen molar-refractivity contribution >= 4 is 34.9 Å². The number of carbonyl (C=O) groups is 2. The van der Waals surface area contributed by atoms with E-state index < -0.39 is 0 Å². The van der Waals surface area contributed by atoms with Crippen LogP contribution in [0, 0.1) is 5.92 Å². The monoisotopic (exact) mass is 414 g/mol. The van der Waals surface area contributed by atoms with Gasteiger partial charge in [0, 0.05) is 11.3 Å². The Balaban J connectivity index is 1.91. The van der Waals surface area contributed by atoms with Crippen LogP contribution < -0.4 is 15.4 Å². The largest absolute Gasteiger partial charge is 0.493 e. The van der Waals surface area contributed by atoms with E-state index >= 15 is 0 Å². The minimum atomic E-state index is -0.367. The molecule has 0 fully saturated rings.